The van der Waals surface area contributed by atoms with Crippen molar-refractivity contribution in [1.29, 1.82) is 0 Å². The van der Waals surface area contributed by atoms with Gasteiger partial charge in [-0.25, -0.2) is 4.39 Å². The molecule has 0 radical (unpaired) electrons. The number of amides is 1. The molecule has 1 amide bonds. The van der Waals surface area contributed by atoms with E-state index in [1.165, 1.54) is 12.1 Å². The third kappa shape index (κ3) is 3.25. The Labute approximate surface area is 110 Å². The monoisotopic (exact) mass is 257 g/mol. The summed E-state index contributed by atoms with van der Waals surface area (Å²) in [5.41, 5.74) is 1.88. The number of aryl methyl sites for hydroxylation is 1. The van der Waals surface area contributed by atoms with E-state index in [1.54, 1.807) is 37.3 Å². The summed E-state index contributed by atoms with van der Waals surface area (Å²) in [6.07, 6.45) is 0.696. The van der Waals surface area contributed by atoms with Crippen LogP contribution >= 0.6 is 0 Å². The van der Waals surface area contributed by atoms with Crippen LogP contribution in [0.15, 0.2) is 42.5 Å². The van der Waals surface area contributed by atoms with E-state index in [9.17, 15) is 14.0 Å². The Hall–Kier alpha value is -2.49. The molecular formula is C15H12FNO2. The van der Waals surface area contributed by atoms with Crippen molar-refractivity contribution in [2.75, 3.05) is 5.32 Å². The zero-order valence-corrected chi connectivity index (χ0v) is 10.3. The maximum absolute atomic E-state index is 13.2. The molecule has 0 spiro atoms. The van der Waals surface area contributed by atoms with Crippen molar-refractivity contribution in [2.45, 2.75) is 6.92 Å². The van der Waals surface area contributed by atoms with Gasteiger partial charge in [-0.05, 0) is 42.8 Å². The van der Waals surface area contributed by atoms with Crippen molar-refractivity contribution in [3.8, 4) is 0 Å². The number of halogens is 1. The molecule has 0 bridgehead atoms. The highest BCUT2D eigenvalue weighted by Crippen LogP contribution is 2.13. The van der Waals surface area contributed by atoms with Crippen molar-refractivity contribution in [3.63, 3.8) is 0 Å². The van der Waals surface area contributed by atoms with Crippen molar-refractivity contribution in [1.82, 2.24) is 0 Å². The molecular weight excluding hydrogens is 245 g/mol. The number of anilines is 1. The van der Waals surface area contributed by atoms with Crippen LogP contribution < -0.4 is 5.32 Å². The summed E-state index contributed by atoms with van der Waals surface area (Å²) in [5.74, 6) is -0.863. The summed E-state index contributed by atoms with van der Waals surface area (Å²) in [6, 6.07) is 10.6. The SMILES string of the molecule is Cc1cc(F)cc(C(=O)Nc2cccc(C=O)c2)c1. The van der Waals surface area contributed by atoms with Crippen molar-refractivity contribution < 1.29 is 14.0 Å². The summed E-state index contributed by atoms with van der Waals surface area (Å²) in [7, 11) is 0. The van der Waals surface area contributed by atoms with Gasteiger partial charge in [-0.15, -0.1) is 0 Å². The Morgan fingerprint density at radius 1 is 1.21 bits per heavy atom. The van der Waals surface area contributed by atoms with Gasteiger partial charge in [-0.3, -0.25) is 9.59 Å². The molecule has 0 aromatic heterocycles. The lowest BCUT2D eigenvalue weighted by atomic mass is 10.1. The summed E-state index contributed by atoms with van der Waals surface area (Å²) in [5, 5.41) is 2.62. The van der Waals surface area contributed by atoms with E-state index in [4.69, 9.17) is 0 Å². The number of hydrogen-bond acceptors (Lipinski definition) is 2. The van der Waals surface area contributed by atoms with Crippen molar-refractivity contribution >= 4 is 17.9 Å². The van der Waals surface area contributed by atoms with E-state index in [0.29, 0.717) is 23.1 Å². The number of carbonyl (C=O) groups excluding carboxylic acids is 2. The second-order valence-corrected chi connectivity index (χ2v) is 4.21. The highest BCUT2D eigenvalue weighted by Gasteiger charge is 2.08. The number of benzene rings is 2. The molecule has 1 N–H and O–H groups in total. The third-order valence-electron chi connectivity index (χ3n) is 2.58. The van der Waals surface area contributed by atoms with Gasteiger partial charge in [0.05, 0.1) is 0 Å². The van der Waals surface area contributed by atoms with Crippen LogP contribution in [0.1, 0.15) is 26.3 Å². The number of aldehydes is 1. The molecule has 4 heteroatoms. The van der Waals surface area contributed by atoms with E-state index < -0.39 is 11.7 Å². The zero-order valence-electron chi connectivity index (χ0n) is 10.3. The standard InChI is InChI=1S/C15H12FNO2/c1-10-5-12(8-13(16)6-10)15(19)17-14-4-2-3-11(7-14)9-18/h2-9H,1H3,(H,17,19). The molecule has 2 rings (SSSR count). The largest absolute Gasteiger partial charge is 0.322 e. The van der Waals surface area contributed by atoms with Crippen LogP contribution in [0.2, 0.25) is 0 Å². The van der Waals surface area contributed by atoms with Gasteiger partial charge in [0.15, 0.2) is 0 Å². The normalized spacial score (nSPS) is 10.0. The molecule has 2 aromatic carbocycles. The van der Waals surface area contributed by atoms with E-state index in [1.807, 2.05) is 0 Å². The molecule has 19 heavy (non-hydrogen) atoms. The predicted octanol–water partition coefficient (Wildman–Crippen LogP) is 3.20. The van der Waals surface area contributed by atoms with Gasteiger partial charge in [0.2, 0.25) is 0 Å². The van der Waals surface area contributed by atoms with Crippen LogP contribution in [0.5, 0.6) is 0 Å². The number of hydrogen-bond donors (Lipinski definition) is 1. The first-order valence-electron chi connectivity index (χ1n) is 5.72. The van der Waals surface area contributed by atoms with Gasteiger partial charge >= 0.3 is 0 Å². The second-order valence-electron chi connectivity index (χ2n) is 4.21. The summed E-state index contributed by atoms with van der Waals surface area (Å²) in [6.45, 7) is 1.72. The first kappa shape index (κ1) is 13.0. The lowest BCUT2D eigenvalue weighted by molar-refractivity contribution is 0.102. The summed E-state index contributed by atoms with van der Waals surface area (Å²) >= 11 is 0. The minimum atomic E-state index is -0.452. The van der Waals surface area contributed by atoms with Gasteiger partial charge in [-0.1, -0.05) is 12.1 Å². The second kappa shape index (κ2) is 5.44. The Bertz CT molecular complexity index is 618. The van der Waals surface area contributed by atoms with Gasteiger partial charge in [-0.2, -0.15) is 0 Å². The van der Waals surface area contributed by atoms with Gasteiger partial charge in [0.1, 0.15) is 12.1 Å². The molecule has 0 saturated carbocycles. The maximum atomic E-state index is 13.2. The molecule has 0 heterocycles. The molecule has 0 aliphatic heterocycles. The lowest BCUT2D eigenvalue weighted by Gasteiger charge is -2.06. The Kier molecular flexibility index (Phi) is 3.71. The van der Waals surface area contributed by atoms with Crippen LogP contribution in [0.4, 0.5) is 10.1 Å². The first-order valence-corrected chi connectivity index (χ1v) is 5.72. The Morgan fingerprint density at radius 2 is 2.00 bits per heavy atom. The van der Waals surface area contributed by atoms with Crippen LogP contribution in [-0.2, 0) is 0 Å². The average Bonchev–Trinajstić information content (AvgIpc) is 2.37. The molecule has 0 aliphatic carbocycles. The van der Waals surface area contributed by atoms with Crippen LogP contribution in [0.25, 0.3) is 0 Å². The van der Waals surface area contributed by atoms with Crippen LogP contribution in [0.3, 0.4) is 0 Å². The van der Waals surface area contributed by atoms with Crippen LogP contribution in [0, 0.1) is 12.7 Å². The molecule has 0 unspecified atom stereocenters. The summed E-state index contributed by atoms with van der Waals surface area (Å²) < 4.78 is 13.2. The minimum absolute atomic E-state index is 0.244. The van der Waals surface area contributed by atoms with Gasteiger partial charge in [0, 0.05) is 16.8 Å². The Balaban J connectivity index is 2.22. The molecule has 3 nitrogen and oxygen atoms in total. The van der Waals surface area contributed by atoms with Crippen molar-refractivity contribution in [3.05, 3.63) is 65.0 Å². The van der Waals surface area contributed by atoms with E-state index in [-0.39, 0.29) is 5.56 Å². The number of nitrogens with one attached hydrogen (secondary N) is 1. The van der Waals surface area contributed by atoms with E-state index in [0.717, 1.165) is 0 Å². The fraction of sp³-hybridized carbons (Fsp3) is 0.0667. The fourth-order valence-corrected chi connectivity index (χ4v) is 1.76. The van der Waals surface area contributed by atoms with E-state index in [2.05, 4.69) is 5.32 Å². The van der Waals surface area contributed by atoms with E-state index >= 15 is 0 Å². The fourth-order valence-electron chi connectivity index (χ4n) is 1.76. The number of carbonyl (C=O) groups is 2. The predicted molar refractivity (Wildman–Crippen MR) is 70.9 cm³/mol. The molecule has 2 aromatic rings. The quantitative estimate of drug-likeness (QED) is 0.858. The molecule has 0 fully saturated rings. The molecule has 0 atom stereocenters. The number of rotatable bonds is 3. The highest BCUT2D eigenvalue weighted by molar-refractivity contribution is 6.04. The first-order chi connectivity index (χ1) is 9.08. The zero-order chi connectivity index (χ0) is 13.8. The van der Waals surface area contributed by atoms with Crippen molar-refractivity contribution in [2.24, 2.45) is 0 Å². The topological polar surface area (TPSA) is 46.2 Å². The average molecular weight is 257 g/mol. The third-order valence-corrected chi connectivity index (χ3v) is 2.58. The Morgan fingerprint density at radius 3 is 2.68 bits per heavy atom. The van der Waals surface area contributed by atoms with Gasteiger partial charge < -0.3 is 5.32 Å². The molecule has 0 aliphatic rings. The highest BCUT2D eigenvalue weighted by atomic mass is 19.1. The van der Waals surface area contributed by atoms with Gasteiger partial charge in [0.25, 0.3) is 5.91 Å². The molecule has 0 saturated heterocycles. The minimum Gasteiger partial charge on any atom is -0.322 e. The smallest absolute Gasteiger partial charge is 0.255 e. The lowest BCUT2D eigenvalue weighted by Crippen LogP contribution is -2.12. The maximum Gasteiger partial charge on any atom is 0.255 e. The van der Waals surface area contributed by atoms with Crippen LogP contribution in [-0.4, -0.2) is 12.2 Å². The summed E-state index contributed by atoms with van der Waals surface area (Å²) in [4.78, 5) is 22.6. The molecule has 96 valence electrons.